The van der Waals surface area contributed by atoms with Crippen LogP contribution >= 0.6 is 11.6 Å². The van der Waals surface area contributed by atoms with Crippen molar-refractivity contribution in [3.05, 3.63) is 52.7 Å². The van der Waals surface area contributed by atoms with E-state index in [0.717, 1.165) is 17.7 Å². The van der Waals surface area contributed by atoms with Crippen molar-refractivity contribution in [2.75, 3.05) is 12.4 Å². The third-order valence-electron chi connectivity index (χ3n) is 2.78. The summed E-state index contributed by atoms with van der Waals surface area (Å²) in [5.74, 6) is 0.468. The number of benzene rings is 1. The summed E-state index contributed by atoms with van der Waals surface area (Å²) in [5.41, 5.74) is 0.272. The molecule has 3 nitrogen and oxygen atoms in total. The summed E-state index contributed by atoms with van der Waals surface area (Å²) < 4.78 is 42.9. The molecule has 21 heavy (non-hydrogen) atoms. The number of methoxy groups -OCH3 is 1. The largest absolute Gasteiger partial charge is 0.481 e. The van der Waals surface area contributed by atoms with Crippen LogP contribution in [0.1, 0.15) is 11.1 Å². The zero-order valence-corrected chi connectivity index (χ0v) is 11.8. The molecule has 2 aromatic rings. The first-order valence-electron chi connectivity index (χ1n) is 5.99. The fourth-order valence-corrected chi connectivity index (χ4v) is 1.85. The Morgan fingerprint density at radius 3 is 2.57 bits per heavy atom. The molecule has 0 aliphatic carbocycles. The number of nitrogens with one attached hydrogen (secondary N) is 1. The first kappa shape index (κ1) is 15.4. The smallest absolute Gasteiger partial charge is 0.416 e. The van der Waals surface area contributed by atoms with E-state index in [-0.39, 0.29) is 10.7 Å². The summed E-state index contributed by atoms with van der Waals surface area (Å²) in [6, 6.07) is 6.59. The Kier molecular flexibility index (Phi) is 4.57. The lowest BCUT2D eigenvalue weighted by Gasteiger charge is -2.12. The highest BCUT2D eigenvalue weighted by Crippen LogP contribution is 2.33. The van der Waals surface area contributed by atoms with Crippen LogP contribution in [0.3, 0.4) is 0 Å². The van der Waals surface area contributed by atoms with Crippen LogP contribution in [0.5, 0.6) is 5.88 Å². The van der Waals surface area contributed by atoms with Gasteiger partial charge >= 0.3 is 6.18 Å². The maximum Gasteiger partial charge on any atom is 0.416 e. The fourth-order valence-electron chi connectivity index (χ4n) is 1.67. The number of rotatable bonds is 4. The molecule has 1 N–H and O–H groups in total. The number of aromatic nitrogens is 1. The number of hydrogen-bond donors (Lipinski definition) is 1. The number of alkyl halides is 3. The Morgan fingerprint density at radius 1 is 1.24 bits per heavy atom. The third kappa shape index (κ3) is 4.01. The van der Waals surface area contributed by atoms with Gasteiger partial charge in [-0.3, -0.25) is 0 Å². The van der Waals surface area contributed by atoms with Crippen molar-refractivity contribution in [3.63, 3.8) is 0 Å². The predicted molar refractivity (Wildman–Crippen MR) is 74.6 cm³/mol. The zero-order valence-electron chi connectivity index (χ0n) is 11.0. The van der Waals surface area contributed by atoms with Gasteiger partial charge in [0.2, 0.25) is 5.88 Å². The minimum atomic E-state index is -4.40. The van der Waals surface area contributed by atoms with Crippen LogP contribution in [0.15, 0.2) is 36.5 Å². The molecular weight excluding hydrogens is 305 g/mol. The van der Waals surface area contributed by atoms with Crippen LogP contribution in [0, 0.1) is 0 Å². The van der Waals surface area contributed by atoms with Gasteiger partial charge in [-0.25, -0.2) is 4.98 Å². The normalized spacial score (nSPS) is 11.3. The summed E-state index contributed by atoms with van der Waals surface area (Å²) in [6.45, 7) is 0.304. The van der Waals surface area contributed by atoms with E-state index in [1.807, 2.05) is 0 Å². The van der Waals surface area contributed by atoms with Gasteiger partial charge in [0.05, 0.1) is 23.4 Å². The van der Waals surface area contributed by atoms with E-state index in [9.17, 15) is 13.2 Å². The molecule has 0 aliphatic heterocycles. The van der Waals surface area contributed by atoms with Crippen LogP contribution in [-0.4, -0.2) is 12.1 Å². The Morgan fingerprint density at radius 2 is 2.00 bits per heavy atom. The van der Waals surface area contributed by atoms with E-state index in [4.69, 9.17) is 16.3 Å². The zero-order chi connectivity index (χ0) is 15.5. The average molecular weight is 317 g/mol. The standard InChI is InChI=1S/C14H12ClF3N2O/c1-21-13-5-2-9(8-20-13)7-19-12-6-10(14(16,17)18)3-4-11(12)15/h2-6,8,19H,7H2,1H3. The average Bonchev–Trinajstić information content (AvgIpc) is 2.45. The molecular formula is C14H12ClF3N2O. The van der Waals surface area contributed by atoms with Gasteiger partial charge in [-0.15, -0.1) is 0 Å². The van der Waals surface area contributed by atoms with Crippen LogP contribution in [0.25, 0.3) is 0 Å². The van der Waals surface area contributed by atoms with Crippen molar-refractivity contribution >= 4 is 17.3 Å². The van der Waals surface area contributed by atoms with Crippen molar-refractivity contribution in [2.24, 2.45) is 0 Å². The van der Waals surface area contributed by atoms with E-state index in [2.05, 4.69) is 10.3 Å². The molecule has 0 radical (unpaired) electrons. The highest BCUT2D eigenvalue weighted by molar-refractivity contribution is 6.33. The molecule has 7 heteroatoms. The third-order valence-corrected chi connectivity index (χ3v) is 3.11. The lowest BCUT2D eigenvalue weighted by Crippen LogP contribution is -2.07. The van der Waals surface area contributed by atoms with E-state index < -0.39 is 11.7 Å². The summed E-state index contributed by atoms with van der Waals surface area (Å²) in [6.07, 6.45) is -2.82. The van der Waals surface area contributed by atoms with Gasteiger partial charge in [0, 0.05) is 18.8 Å². The number of nitrogens with zero attached hydrogens (tertiary/aromatic N) is 1. The highest BCUT2D eigenvalue weighted by Gasteiger charge is 2.30. The van der Waals surface area contributed by atoms with Gasteiger partial charge in [0.15, 0.2) is 0 Å². The summed E-state index contributed by atoms with van der Waals surface area (Å²) in [7, 11) is 1.50. The molecule has 0 fully saturated rings. The predicted octanol–water partition coefficient (Wildman–Crippen LogP) is 4.37. The lowest BCUT2D eigenvalue weighted by atomic mass is 10.2. The van der Waals surface area contributed by atoms with Crippen molar-refractivity contribution in [3.8, 4) is 5.88 Å². The summed E-state index contributed by atoms with van der Waals surface area (Å²) in [5, 5.41) is 3.09. The SMILES string of the molecule is COc1ccc(CNc2cc(C(F)(F)F)ccc2Cl)cn1. The number of hydrogen-bond acceptors (Lipinski definition) is 3. The van der Waals surface area contributed by atoms with Gasteiger partial charge in [-0.05, 0) is 23.8 Å². The minimum Gasteiger partial charge on any atom is -0.481 e. The van der Waals surface area contributed by atoms with Crippen molar-refractivity contribution in [1.82, 2.24) is 4.98 Å². The van der Waals surface area contributed by atoms with Gasteiger partial charge in [0.25, 0.3) is 0 Å². The van der Waals surface area contributed by atoms with Crippen molar-refractivity contribution in [1.29, 1.82) is 0 Å². The number of anilines is 1. The van der Waals surface area contributed by atoms with E-state index in [1.54, 1.807) is 18.3 Å². The molecule has 0 atom stereocenters. The highest BCUT2D eigenvalue weighted by atomic mass is 35.5. The molecule has 0 saturated heterocycles. The summed E-state index contributed by atoms with van der Waals surface area (Å²) in [4.78, 5) is 4.01. The molecule has 1 heterocycles. The molecule has 0 bridgehead atoms. The second kappa shape index (κ2) is 6.22. The van der Waals surface area contributed by atoms with Crippen LogP contribution in [-0.2, 0) is 12.7 Å². The number of pyridine rings is 1. The second-order valence-corrected chi connectivity index (χ2v) is 4.66. The van der Waals surface area contributed by atoms with Crippen molar-refractivity contribution < 1.29 is 17.9 Å². The molecule has 0 amide bonds. The first-order valence-corrected chi connectivity index (χ1v) is 6.37. The molecule has 0 unspecified atom stereocenters. The lowest BCUT2D eigenvalue weighted by molar-refractivity contribution is -0.137. The Labute approximate surface area is 124 Å². The fraction of sp³-hybridized carbons (Fsp3) is 0.214. The van der Waals surface area contributed by atoms with Gasteiger partial charge in [-0.1, -0.05) is 17.7 Å². The Hall–Kier alpha value is -1.95. The van der Waals surface area contributed by atoms with Crippen LogP contribution < -0.4 is 10.1 Å². The second-order valence-electron chi connectivity index (χ2n) is 4.25. The number of halogens is 4. The topological polar surface area (TPSA) is 34.1 Å². The maximum absolute atomic E-state index is 12.7. The quantitative estimate of drug-likeness (QED) is 0.909. The maximum atomic E-state index is 12.7. The van der Waals surface area contributed by atoms with E-state index >= 15 is 0 Å². The summed E-state index contributed by atoms with van der Waals surface area (Å²) >= 11 is 5.89. The van der Waals surface area contributed by atoms with Gasteiger partial charge in [-0.2, -0.15) is 13.2 Å². The molecule has 0 aliphatic rings. The monoisotopic (exact) mass is 316 g/mol. The number of ether oxygens (including phenoxy) is 1. The molecule has 0 spiro atoms. The minimum absolute atomic E-state index is 0.224. The van der Waals surface area contributed by atoms with E-state index in [1.165, 1.54) is 13.2 Å². The Balaban J connectivity index is 2.11. The van der Waals surface area contributed by atoms with Crippen molar-refractivity contribution in [2.45, 2.75) is 12.7 Å². The van der Waals surface area contributed by atoms with Crippen LogP contribution in [0.4, 0.5) is 18.9 Å². The van der Waals surface area contributed by atoms with Crippen LogP contribution in [0.2, 0.25) is 5.02 Å². The molecule has 0 saturated carbocycles. The molecule has 1 aromatic heterocycles. The molecule has 1 aromatic carbocycles. The molecule has 2 rings (SSSR count). The van der Waals surface area contributed by atoms with E-state index in [0.29, 0.717) is 12.4 Å². The van der Waals surface area contributed by atoms with Gasteiger partial charge < -0.3 is 10.1 Å². The Bertz CT molecular complexity index is 615. The first-order chi connectivity index (χ1) is 9.90. The van der Waals surface area contributed by atoms with Gasteiger partial charge in [0.1, 0.15) is 0 Å². The molecule has 112 valence electrons.